The van der Waals surface area contributed by atoms with E-state index in [0.29, 0.717) is 11.6 Å². The molecule has 0 aliphatic rings. The van der Waals surface area contributed by atoms with Gasteiger partial charge in [-0.1, -0.05) is 35.5 Å². The van der Waals surface area contributed by atoms with E-state index in [2.05, 4.69) is 20.7 Å². The Morgan fingerprint density at radius 2 is 2.05 bits per heavy atom. The number of anilines is 1. The van der Waals surface area contributed by atoms with Crippen molar-refractivity contribution < 1.29 is 9.32 Å². The highest BCUT2D eigenvalue weighted by Crippen LogP contribution is 2.20. The van der Waals surface area contributed by atoms with Crippen molar-refractivity contribution >= 4 is 11.7 Å². The molecule has 2 N–H and O–H groups in total. The normalized spacial score (nSPS) is 10.4. The number of nitrogens with zero attached hydrogens (tertiary/aromatic N) is 2. The lowest BCUT2D eigenvalue weighted by Gasteiger charge is -1.95. The lowest BCUT2D eigenvalue weighted by Crippen LogP contribution is -2.12. The predicted molar refractivity (Wildman–Crippen MR) is 73.2 cm³/mol. The summed E-state index contributed by atoms with van der Waals surface area (Å²) in [5.74, 6) is 0.646. The van der Waals surface area contributed by atoms with Gasteiger partial charge in [0.2, 0.25) is 0 Å². The molecule has 6 nitrogen and oxygen atoms in total. The van der Waals surface area contributed by atoms with E-state index in [4.69, 9.17) is 4.52 Å². The molecule has 2 aromatic heterocycles. The minimum Gasteiger partial charge on any atom is -0.355 e. The van der Waals surface area contributed by atoms with Crippen LogP contribution in [0.3, 0.4) is 0 Å². The fraction of sp³-hybridized carbons (Fsp3) is 0.0714. The number of carbonyl (C=O) groups is 1. The average Bonchev–Trinajstić information content (AvgIpc) is 3.09. The molecule has 3 aromatic rings. The number of H-pyrrole nitrogens is 1. The minimum absolute atomic E-state index is 0.213. The van der Waals surface area contributed by atoms with Gasteiger partial charge in [0, 0.05) is 23.4 Å². The Morgan fingerprint density at radius 1 is 1.25 bits per heavy atom. The SMILES string of the molecule is Cc1cc(NC(=O)c2cc(-c3ccccc3)on2)n[nH]1. The van der Waals surface area contributed by atoms with Crippen molar-refractivity contribution in [3.05, 3.63) is 53.9 Å². The average molecular weight is 268 g/mol. The summed E-state index contributed by atoms with van der Waals surface area (Å²) in [6.07, 6.45) is 0. The molecule has 0 bridgehead atoms. The monoisotopic (exact) mass is 268 g/mol. The number of nitrogens with one attached hydrogen (secondary N) is 2. The van der Waals surface area contributed by atoms with Crippen LogP contribution in [-0.4, -0.2) is 21.3 Å². The molecule has 3 rings (SSSR count). The topological polar surface area (TPSA) is 83.8 Å². The maximum atomic E-state index is 12.0. The Balaban J connectivity index is 1.78. The molecule has 1 amide bonds. The Bertz CT molecular complexity index is 730. The summed E-state index contributed by atoms with van der Waals surface area (Å²) in [7, 11) is 0. The summed E-state index contributed by atoms with van der Waals surface area (Å²) >= 11 is 0. The molecule has 0 spiro atoms. The zero-order valence-corrected chi connectivity index (χ0v) is 10.8. The molecule has 0 unspecified atom stereocenters. The standard InChI is InChI=1S/C14H12N4O2/c1-9-7-13(17-16-9)15-14(19)11-8-12(20-18-11)10-5-3-2-4-6-10/h2-8H,1H3,(H2,15,16,17,19). The molecule has 0 atom stereocenters. The second-order valence-electron chi connectivity index (χ2n) is 4.33. The summed E-state index contributed by atoms with van der Waals surface area (Å²) in [4.78, 5) is 12.0. The number of rotatable bonds is 3. The maximum absolute atomic E-state index is 12.0. The quantitative estimate of drug-likeness (QED) is 0.764. The van der Waals surface area contributed by atoms with Crippen LogP contribution in [0.25, 0.3) is 11.3 Å². The fourth-order valence-electron chi connectivity index (χ4n) is 1.78. The number of benzene rings is 1. The minimum atomic E-state index is -0.359. The van der Waals surface area contributed by atoms with Crippen molar-refractivity contribution in [2.75, 3.05) is 5.32 Å². The first-order valence-electron chi connectivity index (χ1n) is 6.08. The smallest absolute Gasteiger partial charge is 0.279 e. The molecule has 0 aliphatic heterocycles. The van der Waals surface area contributed by atoms with Crippen LogP contribution in [0.2, 0.25) is 0 Å². The Morgan fingerprint density at radius 3 is 2.75 bits per heavy atom. The maximum Gasteiger partial charge on any atom is 0.279 e. The second kappa shape index (κ2) is 5.00. The van der Waals surface area contributed by atoms with Gasteiger partial charge in [-0.05, 0) is 6.92 Å². The summed E-state index contributed by atoms with van der Waals surface area (Å²) in [5, 5.41) is 13.1. The molecule has 100 valence electrons. The van der Waals surface area contributed by atoms with E-state index in [1.807, 2.05) is 37.3 Å². The van der Waals surface area contributed by atoms with Gasteiger partial charge in [-0.25, -0.2) is 0 Å². The van der Waals surface area contributed by atoms with Crippen LogP contribution in [0.5, 0.6) is 0 Å². The number of hydrogen-bond donors (Lipinski definition) is 2. The van der Waals surface area contributed by atoms with E-state index in [1.165, 1.54) is 0 Å². The van der Waals surface area contributed by atoms with Gasteiger partial charge in [0.1, 0.15) is 0 Å². The van der Waals surface area contributed by atoms with Crippen LogP contribution in [-0.2, 0) is 0 Å². The van der Waals surface area contributed by atoms with Crippen molar-refractivity contribution in [2.45, 2.75) is 6.92 Å². The summed E-state index contributed by atoms with van der Waals surface area (Å²) in [6, 6.07) is 12.8. The molecule has 0 fully saturated rings. The fourth-order valence-corrected chi connectivity index (χ4v) is 1.78. The molecule has 20 heavy (non-hydrogen) atoms. The molecule has 2 heterocycles. The third-order valence-corrected chi connectivity index (χ3v) is 2.75. The summed E-state index contributed by atoms with van der Waals surface area (Å²) in [5.41, 5.74) is 1.95. The van der Waals surface area contributed by atoms with Crippen LogP contribution >= 0.6 is 0 Å². The van der Waals surface area contributed by atoms with Gasteiger partial charge in [0.05, 0.1) is 0 Å². The first-order chi connectivity index (χ1) is 9.72. The Kier molecular flexibility index (Phi) is 3.04. The highest BCUT2D eigenvalue weighted by atomic mass is 16.5. The number of carbonyl (C=O) groups excluding carboxylic acids is 1. The second-order valence-corrected chi connectivity index (χ2v) is 4.33. The predicted octanol–water partition coefficient (Wildman–Crippen LogP) is 2.63. The molecular formula is C14H12N4O2. The first-order valence-corrected chi connectivity index (χ1v) is 6.08. The van der Waals surface area contributed by atoms with Gasteiger partial charge in [-0.3, -0.25) is 9.89 Å². The van der Waals surface area contributed by atoms with Gasteiger partial charge in [0.25, 0.3) is 5.91 Å². The molecular weight excluding hydrogens is 256 g/mol. The molecule has 0 saturated carbocycles. The van der Waals surface area contributed by atoms with E-state index in [0.717, 1.165) is 11.3 Å². The molecule has 1 aromatic carbocycles. The lowest BCUT2D eigenvalue weighted by atomic mass is 10.1. The molecule has 6 heteroatoms. The van der Waals surface area contributed by atoms with Crippen LogP contribution in [0.1, 0.15) is 16.2 Å². The van der Waals surface area contributed by atoms with Crippen molar-refractivity contribution in [3.8, 4) is 11.3 Å². The Hall–Kier alpha value is -2.89. The third-order valence-electron chi connectivity index (χ3n) is 2.75. The van der Waals surface area contributed by atoms with Gasteiger partial charge < -0.3 is 9.84 Å². The van der Waals surface area contributed by atoms with Gasteiger partial charge >= 0.3 is 0 Å². The van der Waals surface area contributed by atoms with E-state index in [1.54, 1.807) is 12.1 Å². The van der Waals surface area contributed by atoms with Crippen LogP contribution in [0.4, 0.5) is 5.82 Å². The lowest BCUT2D eigenvalue weighted by molar-refractivity contribution is 0.101. The van der Waals surface area contributed by atoms with Crippen LogP contribution < -0.4 is 5.32 Å². The number of hydrogen-bond acceptors (Lipinski definition) is 4. The highest BCUT2D eigenvalue weighted by Gasteiger charge is 2.14. The van der Waals surface area contributed by atoms with E-state index < -0.39 is 0 Å². The largest absolute Gasteiger partial charge is 0.355 e. The number of aryl methyl sites for hydroxylation is 1. The van der Waals surface area contributed by atoms with Gasteiger partial charge in [-0.15, -0.1) is 0 Å². The summed E-state index contributed by atoms with van der Waals surface area (Å²) in [6.45, 7) is 1.85. The third kappa shape index (κ3) is 2.44. The molecule has 0 aliphatic carbocycles. The van der Waals surface area contributed by atoms with Crippen molar-refractivity contribution in [1.29, 1.82) is 0 Å². The first kappa shape index (κ1) is 12.2. The zero-order valence-electron chi connectivity index (χ0n) is 10.8. The van der Waals surface area contributed by atoms with Crippen molar-refractivity contribution in [1.82, 2.24) is 15.4 Å². The van der Waals surface area contributed by atoms with Crippen molar-refractivity contribution in [2.24, 2.45) is 0 Å². The van der Waals surface area contributed by atoms with Gasteiger partial charge in [-0.2, -0.15) is 5.10 Å². The van der Waals surface area contributed by atoms with Crippen molar-refractivity contribution in [3.63, 3.8) is 0 Å². The number of amides is 1. The summed E-state index contributed by atoms with van der Waals surface area (Å²) < 4.78 is 5.18. The van der Waals surface area contributed by atoms with Gasteiger partial charge in [0.15, 0.2) is 17.3 Å². The van der Waals surface area contributed by atoms with E-state index in [-0.39, 0.29) is 11.6 Å². The van der Waals surface area contributed by atoms with Crippen LogP contribution in [0.15, 0.2) is 47.0 Å². The zero-order chi connectivity index (χ0) is 13.9. The highest BCUT2D eigenvalue weighted by molar-refractivity contribution is 6.02. The van der Waals surface area contributed by atoms with E-state index in [9.17, 15) is 4.79 Å². The Labute approximate surface area is 114 Å². The number of aromatic amines is 1. The van der Waals surface area contributed by atoms with Crippen LogP contribution in [0, 0.1) is 6.92 Å². The van der Waals surface area contributed by atoms with E-state index >= 15 is 0 Å². The molecule has 0 saturated heterocycles. The molecule has 0 radical (unpaired) electrons. The number of aromatic nitrogens is 3.